The summed E-state index contributed by atoms with van der Waals surface area (Å²) in [5, 5.41) is 120. The van der Waals surface area contributed by atoms with Crippen LogP contribution in [0.4, 0.5) is 0 Å². The number of hydrogen-bond acceptors (Lipinski definition) is 18. The van der Waals surface area contributed by atoms with E-state index in [2.05, 4.69) is 31.3 Å². The van der Waals surface area contributed by atoms with Crippen LogP contribution in [0.15, 0.2) is 12.2 Å². The van der Waals surface area contributed by atoms with Crippen molar-refractivity contribution in [3.63, 3.8) is 0 Å². The van der Waals surface area contributed by atoms with Crippen molar-refractivity contribution in [1.82, 2.24) is 5.32 Å². The van der Waals surface area contributed by atoms with Gasteiger partial charge in [0.2, 0.25) is 5.91 Å². The van der Waals surface area contributed by atoms with E-state index in [-0.39, 0.29) is 18.9 Å². The monoisotopic (exact) mass is 1110 g/mol. The summed E-state index contributed by atoms with van der Waals surface area (Å²) in [6.45, 7) is 1.78. The Balaban J connectivity index is 1.48. The lowest BCUT2D eigenvalue weighted by Gasteiger charge is -2.48. The number of aliphatic hydroxyl groups excluding tert-OH is 11. The first-order valence-electron chi connectivity index (χ1n) is 30.4. The Hall–Kier alpha value is -1.47. The highest BCUT2D eigenvalue weighted by molar-refractivity contribution is 5.76. The van der Waals surface area contributed by atoms with Gasteiger partial charge < -0.3 is 89.9 Å². The van der Waals surface area contributed by atoms with Gasteiger partial charge in [-0.25, -0.2) is 0 Å². The third-order valence-electron chi connectivity index (χ3n) is 15.6. The fraction of sp³-hybridized carbons (Fsp3) is 0.948. The summed E-state index contributed by atoms with van der Waals surface area (Å²) in [4.78, 5) is 13.3. The largest absolute Gasteiger partial charge is 0.394 e. The molecule has 3 aliphatic heterocycles. The molecular formula is C58H109NO18. The van der Waals surface area contributed by atoms with E-state index in [0.29, 0.717) is 12.8 Å². The second-order valence-corrected chi connectivity index (χ2v) is 22.2. The Morgan fingerprint density at radius 2 is 0.818 bits per heavy atom. The van der Waals surface area contributed by atoms with Gasteiger partial charge in [-0.3, -0.25) is 4.79 Å². The smallest absolute Gasteiger partial charge is 0.220 e. The van der Waals surface area contributed by atoms with Crippen LogP contribution >= 0.6 is 0 Å². The molecule has 0 saturated carbocycles. The quantitative estimate of drug-likeness (QED) is 0.0269. The van der Waals surface area contributed by atoms with E-state index in [4.69, 9.17) is 28.4 Å². The first kappa shape index (κ1) is 69.8. The maximum absolute atomic E-state index is 13.3. The Morgan fingerprint density at radius 1 is 0.455 bits per heavy atom. The molecule has 17 unspecified atom stereocenters. The van der Waals surface area contributed by atoms with Crippen molar-refractivity contribution >= 4 is 5.91 Å². The molecule has 77 heavy (non-hydrogen) atoms. The van der Waals surface area contributed by atoms with Gasteiger partial charge >= 0.3 is 0 Å². The van der Waals surface area contributed by atoms with E-state index in [1.807, 2.05) is 0 Å². The minimum absolute atomic E-state index is 0.244. The highest BCUT2D eigenvalue weighted by atomic mass is 16.8. The number of ether oxygens (including phenoxy) is 6. The van der Waals surface area contributed by atoms with Crippen molar-refractivity contribution in [2.24, 2.45) is 0 Å². The average Bonchev–Trinajstić information content (AvgIpc) is 3.42. The fourth-order valence-corrected chi connectivity index (χ4v) is 10.5. The normalized spacial score (nSPS) is 30.7. The molecule has 17 atom stereocenters. The summed E-state index contributed by atoms with van der Waals surface area (Å²) in [5.74, 6) is -0.244. The lowest BCUT2D eigenvalue weighted by atomic mass is 9.96. The molecule has 19 nitrogen and oxygen atoms in total. The number of nitrogens with one attached hydrogen (secondary N) is 1. The lowest BCUT2D eigenvalue weighted by Crippen LogP contribution is -2.66. The van der Waals surface area contributed by atoms with Gasteiger partial charge in [0.15, 0.2) is 18.9 Å². The number of carbonyl (C=O) groups is 1. The zero-order valence-corrected chi connectivity index (χ0v) is 47.2. The van der Waals surface area contributed by atoms with Gasteiger partial charge in [-0.15, -0.1) is 0 Å². The van der Waals surface area contributed by atoms with Crippen molar-refractivity contribution in [1.29, 1.82) is 0 Å². The number of aliphatic hydroxyl groups is 11. The number of carbonyl (C=O) groups excluding carboxylic acids is 1. The maximum Gasteiger partial charge on any atom is 0.220 e. The fourth-order valence-electron chi connectivity index (χ4n) is 10.5. The molecule has 0 aliphatic carbocycles. The molecule has 0 aromatic rings. The molecule has 3 fully saturated rings. The third-order valence-corrected chi connectivity index (χ3v) is 15.6. The zero-order valence-electron chi connectivity index (χ0n) is 47.2. The van der Waals surface area contributed by atoms with E-state index in [1.165, 1.54) is 135 Å². The van der Waals surface area contributed by atoms with Crippen molar-refractivity contribution in [2.75, 3.05) is 26.4 Å². The van der Waals surface area contributed by atoms with Crippen LogP contribution in [-0.2, 0) is 33.2 Å². The summed E-state index contributed by atoms with van der Waals surface area (Å²) >= 11 is 0. The highest BCUT2D eigenvalue weighted by Gasteiger charge is 2.53. The Labute approximate surface area is 461 Å². The van der Waals surface area contributed by atoms with E-state index in [1.54, 1.807) is 0 Å². The van der Waals surface area contributed by atoms with Gasteiger partial charge in [-0.2, -0.15) is 0 Å². The summed E-state index contributed by atoms with van der Waals surface area (Å²) in [6.07, 6.45) is 14.4. The SMILES string of the molecule is CCCCCCCC/C=C\CCCCCCCCCCCC(=O)NC(COC1OC(CO)C(OC2OC(CO)C(OC3OC(CO)C(O)C(O)C3O)C(O)C2O)C(O)C1O)C(O)CCCCCCCCCCCCCCC. The van der Waals surface area contributed by atoms with Crippen molar-refractivity contribution in [2.45, 2.75) is 324 Å². The molecule has 19 heteroatoms. The zero-order chi connectivity index (χ0) is 56.2. The summed E-state index contributed by atoms with van der Waals surface area (Å²) < 4.78 is 34.3. The molecule has 454 valence electrons. The van der Waals surface area contributed by atoms with Gasteiger partial charge in [-0.1, -0.05) is 187 Å². The standard InChI is InChI=1S/C58H109NO18/c1-3-5-7-9-11-13-15-17-18-19-20-21-22-24-26-28-30-32-34-36-46(64)59-41(42(63)35-33-31-29-27-25-23-16-14-12-10-8-6-4-2)40-72-56-52(70)49(67)54(44(38-61)74-56)77-58-53(71)50(68)55(45(39-62)75-58)76-57-51(69)48(66)47(65)43(37-60)73-57/h17-18,41-45,47-58,60-63,65-71H,3-16,19-40H2,1-2H3,(H,59,64)/b18-17-. The third kappa shape index (κ3) is 26.5. The van der Waals surface area contributed by atoms with Crippen LogP contribution in [0, 0.1) is 0 Å². The van der Waals surface area contributed by atoms with E-state index < -0.39 is 124 Å². The van der Waals surface area contributed by atoms with Gasteiger partial charge in [0.05, 0.1) is 38.6 Å². The van der Waals surface area contributed by atoms with E-state index in [0.717, 1.165) is 51.4 Å². The minimum atomic E-state index is -1.97. The molecular weight excluding hydrogens is 999 g/mol. The van der Waals surface area contributed by atoms with Crippen molar-refractivity contribution in [3.8, 4) is 0 Å². The van der Waals surface area contributed by atoms with Crippen LogP contribution in [0.5, 0.6) is 0 Å². The summed E-state index contributed by atoms with van der Waals surface area (Å²) in [6, 6.07) is -0.883. The van der Waals surface area contributed by atoms with Gasteiger partial charge in [-0.05, 0) is 38.5 Å². The van der Waals surface area contributed by atoms with Gasteiger partial charge in [0, 0.05) is 6.42 Å². The number of allylic oxidation sites excluding steroid dienone is 2. The molecule has 0 bridgehead atoms. The molecule has 0 aromatic carbocycles. The molecule has 3 heterocycles. The van der Waals surface area contributed by atoms with Crippen molar-refractivity contribution < 1.29 is 89.4 Å². The molecule has 0 spiro atoms. The molecule has 0 aromatic heterocycles. The highest BCUT2D eigenvalue weighted by Crippen LogP contribution is 2.33. The molecule has 12 N–H and O–H groups in total. The molecule has 0 radical (unpaired) electrons. The van der Waals surface area contributed by atoms with Gasteiger partial charge in [0.1, 0.15) is 73.2 Å². The number of hydrogen-bond donors (Lipinski definition) is 12. The second-order valence-electron chi connectivity index (χ2n) is 22.2. The lowest BCUT2D eigenvalue weighted by molar-refractivity contribution is -0.379. The molecule has 3 saturated heterocycles. The molecule has 3 aliphatic rings. The van der Waals surface area contributed by atoms with Crippen LogP contribution in [0.25, 0.3) is 0 Å². The van der Waals surface area contributed by atoms with Crippen LogP contribution in [-0.4, -0.2) is 193 Å². The van der Waals surface area contributed by atoms with Crippen LogP contribution in [0.3, 0.4) is 0 Å². The van der Waals surface area contributed by atoms with E-state index in [9.17, 15) is 61.0 Å². The summed E-state index contributed by atoms with van der Waals surface area (Å²) in [5.41, 5.74) is 0. The minimum Gasteiger partial charge on any atom is -0.394 e. The Morgan fingerprint density at radius 3 is 1.26 bits per heavy atom. The first-order chi connectivity index (χ1) is 37.3. The van der Waals surface area contributed by atoms with Crippen molar-refractivity contribution in [3.05, 3.63) is 12.2 Å². The summed E-state index contributed by atoms with van der Waals surface area (Å²) in [7, 11) is 0. The van der Waals surface area contributed by atoms with Crippen LogP contribution in [0.1, 0.15) is 219 Å². The van der Waals surface area contributed by atoms with Crippen LogP contribution < -0.4 is 5.32 Å². The predicted molar refractivity (Wildman–Crippen MR) is 291 cm³/mol. The first-order valence-corrected chi connectivity index (χ1v) is 30.4. The number of amides is 1. The average molecular weight is 1110 g/mol. The maximum atomic E-state index is 13.3. The number of unbranched alkanes of at least 4 members (excludes halogenated alkanes) is 27. The predicted octanol–water partition coefficient (Wildman–Crippen LogP) is 5.38. The topological polar surface area (TPSA) is 307 Å². The van der Waals surface area contributed by atoms with Gasteiger partial charge in [0.25, 0.3) is 0 Å². The van der Waals surface area contributed by atoms with E-state index >= 15 is 0 Å². The Bertz CT molecular complexity index is 1460. The molecule has 3 rings (SSSR count). The Kier molecular flexibility index (Phi) is 38.4. The van der Waals surface area contributed by atoms with Crippen LogP contribution in [0.2, 0.25) is 0 Å². The number of rotatable bonds is 45. The second kappa shape index (κ2) is 42.4. The molecule has 1 amide bonds.